The third-order valence-corrected chi connectivity index (χ3v) is 7.41. The summed E-state index contributed by atoms with van der Waals surface area (Å²) < 4.78 is 0. The van der Waals surface area contributed by atoms with Crippen LogP contribution in [-0.4, -0.2) is 53.4 Å². The molecule has 0 bridgehead atoms. The van der Waals surface area contributed by atoms with Gasteiger partial charge in [-0.15, -0.1) is 11.3 Å². The third-order valence-electron chi connectivity index (χ3n) is 6.53. The van der Waals surface area contributed by atoms with E-state index in [-0.39, 0.29) is 5.91 Å². The van der Waals surface area contributed by atoms with Crippen LogP contribution in [0.4, 0.5) is 0 Å². The van der Waals surface area contributed by atoms with Gasteiger partial charge in [-0.25, -0.2) is 4.98 Å². The van der Waals surface area contributed by atoms with E-state index in [9.17, 15) is 4.79 Å². The lowest BCUT2D eigenvalue weighted by atomic mass is 9.94. The van der Waals surface area contributed by atoms with Crippen molar-refractivity contribution in [3.8, 4) is 10.6 Å². The number of hydrogen-bond donors (Lipinski definition) is 0. The zero-order valence-corrected chi connectivity index (χ0v) is 18.8. The molecular formula is C24H33N3OS. The fourth-order valence-electron chi connectivity index (χ4n) is 4.72. The van der Waals surface area contributed by atoms with Crippen LogP contribution in [0.25, 0.3) is 10.6 Å². The van der Waals surface area contributed by atoms with E-state index in [4.69, 9.17) is 4.98 Å². The van der Waals surface area contributed by atoms with E-state index >= 15 is 0 Å². The molecule has 0 spiro atoms. The van der Waals surface area contributed by atoms with Crippen molar-refractivity contribution in [1.82, 2.24) is 14.8 Å². The van der Waals surface area contributed by atoms with Gasteiger partial charge in [0.2, 0.25) is 0 Å². The summed E-state index contributed by atoms with van der Waals surface area (Å²) in [4.78, 5) is 22.5. The molecule has 1 atom stereocenters. The summed E-state index contributed by atoms with van der Waals surface area (Å²) in [5.74, 6) is 1.57. The molecular weight excluding hydrogens is 378 g/mol. The Hall–Kier alpha value is -1.72. The van der Waals surface area contributed by atoms with Crippen molar-refractivity contribution in [2.24, 2.45) is 11.8 Å². The normalized spacial score (nSPS) is 21.5. The molecule has 1 aromatic heterocycles. The lowest BCUT2D eigenvalue weighted by Gasteiger charge is -2.37. The molecule has 0 aliphatic carbocycles. The van der Waals surface area contributed by atoms with E-state index in [0.717, 1.165) is 42.5 Å². The molecule has 2 saturated heterocycles. The first kappa shape index (κ1) is 20.5. The number of thiazole rings is 1. The molecule has 5 heteroatoms. The molecule has 2 aliphatic heterocycles. The SMILES string of the molecule is Cc1ccc(-c2nc(C(=O)N3CCCC(CN4CCC(C)CC4)C3)cs2)c(C)c1. The number of likely N-dealkylation sites (tertiary alicyclic amines) is 2. The Morgan fingerprint density at radius 3 is 2.72 bits per heavy atom. The second kappa shape index (κ2) is 8.97. The van der Waals surface area contributed by atoms with Crippen molar-refractivity contribution in [3.05, 3.63) is 40.4 Å². The number of benzene rings is 1. The van der Waals surface area contributed by atoms with Crippen LogP contribution in [0.3, 0.4) is 0 Å². The van der Waals surface area contributed by atoms with E-state index in [1.165, 1.54) is 43.5 Å². The molecule has 2 aliphatic rings. The molecule has 0 radical (unpaired) electrons. The first-order valence-electron chi connectivity index (χ1n) is 11.0. The second-order valence-corrected chi connectivity index (χ2v) is 9.96. The molecule has 29 heavy (non-hydrogen) atoms. The minimum atomic E-state index is 0.106. The van der Waals surface area contributed by atoms with Gasteiger partial charge >= 0.3 is 0 Å². The van der Waals surface area contributed by atoms with Gasteiger partial charge < -0.3 is 9.80 Å². The highest BCUT2D eigenvalue weighted by Crippen LogP contribution is 2.29. The smallest absolute Gasteiger partial charge is 0.273 e. The first-order chi connectivity index (χ1) is 14.0. The van der Waals surface area contributed by atoms with Crippen LogP contribution < -0.4 is 0 Å². The lowest BCUT2D eigenvalue weighted by Crippen LogP contribution is -2.45. The molecule has 156 valence electrons. The minimum Gasteiger partial charge on any atom is -0.337 e. The lowest BCUT2D eigenvalue weighted by molar-refractivity contribution is 0.0617. The number of rotatable bonds is 4. The second-order valence-electron chi connectivity index (χ2n) is 9.10. The number of amides is 1. The van der Waals surface area contributed by atoms with Crippen molar-refractivity contribution in [3.63, 3.8) is 0 Å². The molecule has 0 N–H and O–H groups in total. The Kier molecular flexibility index (Phi) is 6.35. The average Bonchev–Trinajstić information content (AvgIpc) is 3.19. The molecule has 2 fully saturated rings. The Morgan fingerprint density at radius 2 is 1.97 bits per heavy atom. The number of aryl methyl sites for hydroxylation is 2. The van der Waals surface area contributed by atoms with Crippen molar-refractivity contribution in [2.45, 2.75) is 46.5 Å². The fraction of sp³-hybridized carbons (Fsp3) is 0.583. The Balaban J connectivity index is 1.39. The highest BCUT2D eigenvalue weighted by atomic mass is 32.1. The van der Waals surface area contributed by atoms with Gasteiger partial charge in [0.05, 0.1) is 0 Å². The molecule has 1 unspecified atom stereocenters. The minimum absolute atomic E-state index is 0.106. The average molecular weight is 412 g/mol. The quantitative estimate of drug-likeness (QED) is 0.709. The van der Waals surface area contributed by atoms with Crippen LogP contribution in [-0.2, 0) is 0 Å². The van der Waals surface area contributed by atoms with E-state index in [0.29, 0.717) is 11.6 Å². The largest absolute Gasteiger partial charge is 0.337 e. The number of carbonyl (C=O) groups excluding carboxylic acids is 1. The zero-order chi connectivity index (χ0) is 20.4. The highest BCUT2D eigenvalue weighted by molar-refractivity contribution is 7.13. The van der Waals surface area contributed by atoms with Gasteiger partial charge in [-0.2, -0.15) is 0 Å². The van der Waals surface area contributed by atoms with Crippen LogP contribution >= 0.6 is 11.3 Å². The summed E-state index contributed by atoms with van der Waals surface area (Å²) in [6, 6.07) is 6.41. The van der Waals surface area contributed by atoms with Crippen LogP contribution in [0, 0.1) is 25.7 Å². The molecule has 3 heterocycles. The van der Waals surface area contributed by atoms with Gasteiger partial charge in [0.25, 0.3) is 5.91 Å². The maximum atomic E-state index is 13.1. The molecule has 4 rings (SSSR count). The van der Waals surface area contributed by atoms with E-state index in [1.807, 2.05) is 10.3 Å². The van der Waals surface area contributed by atoms with Gasteiger partial charge in [0.1, 0.15) is 10.7 Å². The van der Waals surface area contributed by atoms with Crippen molar-refractivity contribution >= 4 is 17.2 Å². The molecule has 1 aromatic carbocycles. The number of piperidine rings is 2. The predicted octanol–water partition coefficient (Wildman–Crippen LogP) is 5.01. The van der Waals surface area contributed by atoms with Gasteiger partial charge in [-0.1, -0.05) is 30.7 Å². The summed E-state index contributed by atoms with van der Waals surface area (Å²) in [6.45, 7) is 11.9. The van der Waals surface area contributed by atoms with Gasteiger partial charge in [-0.3, -0.25) is 4.79 Å². The number of hydrogen-bond acceptors (Lipinski definition) is 4. The third kappa shape index (κ3) is 4.89. The topological polar surface area (TPSA) is 36.4 Å². The van der Waals surface area contributed by atoms with Gasteiger partial charge in [0, 0.05) is 30.6 Å². The van der Waals surface area contributed by atoms with Crippen LogP contribution in [0.15, 0.2) is 23.6 Å². The van der Waals surface area contributed by atoms with E-state index in [2.05, 4.69) is 43.9 Å². The molecule has 2 aromatic rings. The summed E-state index contributed by atoms with van der Waals surface area (Å²) in [7, 11) is 0. The maximum Gasteiger partial charge on any atom is 0.273 e. The number of aromatic nitrogens is 1. The van der Waals surface area contributed by atoms with E-state index in [1.54, 1.807) is 11.3 Å². The maximum absolute atomic E-state index is 13.1. The Bertz CT molecular complexity index is 854. The van der Waals surface area contributed by atoms with Gasteiger partial charge in [0.15, 0.2) is 0 Å². The number of nitrogens with zero attached hydrogens (tertiary/aromatic N) is 3. The zero-order valence-electron chi connectivity index (χ0n) is 18.0. The van der Waals surface area contributed by atoms with Crippen LogP contribution in [0.1, 0.15) is 54.2 Å². The van der Waals surface area contributed by atoms with E-state index < -0.39 is 0 Å². The summed E-state index contributed by atoms with van der Waals surface area (Å²) >= 11 is 1.58. The molecule has 1 amide bonds. The van der Waals surface area contributed by atoms with Crippen LogP contribution in [0.5, 0.6) is 0 Å². The van der Waals surface area contributed by atoms with Crippen molar-refractivity contribution in [1.29, 1.82) is 0 Å². The molecule has 4 nitrogen and oxygen atoms in total. The Labute approximate surface area is 178 Å². The fourth-order valence-corrected chi connectivity index (χ4v) is 5.60. The number of carbonyl (C=O) groups is 1. The van der Waals surface area contributed by atoms with Gasteiger partial charge in [-0.05, 0) is 70.0 Å². The Morgan fingerprint density at radius 1 is 1.17 bits per heavy atom. The summed E-state index contributed by atoms with van der Waals surface area (Å²) in [5, 5.41) is 2.88. The molecule has 0 saturated carbocycles. The summed E-state index contributed by atoms with van der Waals surface area (Å²) in [6.07, 6.45) is 4.97. The standard InChI is InChI=1S/C24H33N3OS/c1-17-8-11-26(12-9-17)14-20-5-4-10-27(15-20)24(28)22-16-29-23(25-22)21-7-6-18(2)13-19(21)3/h6-7,13,16-17,20H,4-5,8-12,14-15H2,1-3H3. The predicted molar refractivity (Wildman–Crippen MR) is 120 cm³/mol. The summed E-state index contributed by atoms with van der Waals surface area (Å²) in [5.41, 5.74) is 4.21. The highest BCUT2D eigenvalue weighted by Gasteiger charge is 2.28. The van der Waals surface area contributed by atoms with Crippen molar-refractivity contribution < 1.29 is 4.79 Å². The first-order valence-corrected chi connectivity index (χ1v) is 11.9. The van der Waals surface area contributed by atoms with Crippen LogP contribution in [0.2, 0.25) is 0 Å². The van der Waals surface area contributed by atoms with Crippen molar-refractivity contribution in [2.75, 3.05) is 32.7 Å². The monoisotopic (exact) mass is 411 g/mol.